The summed E-state index contributed by atoms with van der Waals surface area (Å²) in [5, 5.41) is -0.0302. The molecule has 3 rings (SSSR count). The first-order valence-electron chi connectivity index (χ1n) is 6.68. The number of hydrogen-bond donors (Lipinski definition) is 0. The van der Waals surface area contributed by atoms with Crippen LogP contribution in [0.15, 0.2) is 12.2 Å². The van der Waals surface area contributed by atoms with Gasteiger partial charge in [-0.3, -0.25) is 0 Å². The van der Waals surface area contributed by atoms with Gasteiger partial charge in [0.2, 0.25) is 0 Å². The normalized spacial score (nSPS) is 34.3. The SMILES string of the molecule is CC(C)(C)[Si](C)(C)O[C@]12C=C[C@H](C[C@@H]1C=O)OC2=O. The fourth-order valence-electron chi connectivity index (χ4n) is 2.30. The molecule has 0 amide bonds. The Bertz CT molecular complexity index is 435. The minimum Gasteiger partial charge on any atom is -0.456 e. The lowest BCUT2D eigenvalue weighted by Gasteiger charge is -2.49. The third-order valence-electron chi connectivity index (χ3n) is 4.57. The molecule has 1 aliphatic carbocycles. The second-order valence-electron chi connectivity index (χ2n) is 6.94. The third kappa shape index (κ3) is 2.19. The van der Waals surface area contributed by atoms with Crippen molar-refractivity contribution in [1.82, 2.24) is 0 Å². The van der Waals surface area contributed by atoms with Crippen molar-refractivity contribution in [3.63, 3.8) is 0 Å². The van der Waals surface area contributed by atoms with Crippen LogP contribution < -0.4 is 0 Å². The number of carbonyl (C=O) groups excluding carboxylic acids is 2. The summed E-state index contributed by atoms with van der Waals surface area (Å²) in [6.45, 7) is 10.5. The van der Waals surface area contributed by atoms with E-state index in [-0.39, 0.29) is 11.1 Å². The first-order chi connectivity index (χ1) is 8.62. The molecule has 0 radical (unpaired) electrons. The van der Waals surface area contributed by atoms with Crippen LogP contribution in [-0.4, -0.2) is 32.3 Å². The highest BCUT2D eigenvalue weighted by molar-refractivity contribution is 6.74. The Balaban J connectivity index is 2.39. The van der Waals surface area contributed by atoms with Crippen molar-refractivity contribution >= 4 is 20.6 Å². The Labute approximate surface area is 115 Å². The Morgan fingerprint density at radius 3 is 2.58 bits per heavy atom. The van der Waals surface area contributed by atoms with Gasteiger partial charge in [0.25, 0.3) is 0 Å². The fraction of sp³-hybridized carbons (Fsp3) is 0.714. The lowest BCUT2D eigenvalue weighted by molar-refractivity contribution is -0.182. The summed E-state index contributed by atoms with van der Waals surface area (Å²) in [5.74, 6) is -0.842. The van der Waals surface area contributed by atoms with Gasteiger partial charge in [0.15, 0.2) is 13.9 Å². The minimum absolute atomic E-state index is 0.0302. The van der Waals surface area contributed by atoms with E-state index in [0.717, 1.165) is 6.29 Å². The fourth-order valence-corrected chi connectivity index (χ4v) is 3.75. The van der Waals surface area contributed by atoms with Crippen molar-refractivity contribution in [2.24, 2.45) is 5.92 Å². The van der Waals surface area contributed by atoms with Gasteiger partial charge in [-0.2, -0.15) is 0 Å². The van der Waals surface area contributed by atoms with Gasteiger partial charge in [0.05, 0.1) is 5.92 Å². The maximum atomic E-state index is 12.2. The average molecular weight is 282 g/mol. The maximum absolute atomic E-state index is 12.2. The number of ether oxygens (including phenoxy) is 1. The van der Waals surface area contributed by atoms with Crippen molar-refractivity contribution in [3.8, 4) is 0 Å². The number of rotatable bonds is 3. The Morgan fingerprint density at radius 2 is 2.11 bits per heavy atom. The van der Waals surface area contributed by atoms with Crippen molar-refractivity contribution in [2.45, 2.75) is 57.0 Å². The van der Waals surface area contributed by atoms with E-state index < -0.39 is 25.8 Å². The van der Waals surface area contributed by atoms with Crippen molar-refractivity contribution in [1.29, 1.82) is 0 Å². The van der Waals surface area contributed by atoms with Crippen LogP contribution in [0, 0.1) is 5.92 Å². The first-order valence-corrected chi connectivity index (χ1v) is 9.59. The highest BCUT2D eigenvalue weighted by Crippen LogP contribution is 2.46. The van der Waals surface area contributed by atoms with Gasteiger partial charge in [0, 0.05) is 6.42 Å². The van der Waals surface area contributed by atoms with Crippen LogP contribution in [0.25, 0.3) is 0 Å². The van der Waals surface area contributed by atoms with Gasteiger partial charge in [-0.15, -0.1) is 0 Å². The first kappa shape index (κ1) is 14.5. The zero-order valence-corrected chi connectivity index (χ0v) is 13.2. The lowest BCUT2D eigenvalue weighted by atomic mass is 9.77. The van der Waals surface area contributed by atoms with E-state index in [1.807, 2.05) is 6.08 Å². The third-order valence-corrected chi connectivity index (χ3v) is 9.03. The zero-order valence-electron chi connectivity index (χ0n) is 12.2. The highest BCUT2D eigenvalue weighted by Gasteiger charge is 2.58. The Kier molecular flexibility index (Phi) is 3.26. The summed E-state index contributed by atoms with van der Waals surface area (Å²) in [6, 6.07) is 0. The summed E-state index contributed by atoms with van der Waals surface area (Å²) in [6.07, 6.45) is 4.68. The standard InChI is InChI=1S/C14H22O4Si/c1-13(2,3)19(4,5)18-14-7-6-11(17-12(14)16)8-10(14)9-15/h6-7,9-11H,8H2,1-5H3/t10-,11-,14-/m1/s1. The molecular formula is C14H22O4Si. The van der Waals surface area contributed by atoms with Gasteiger partial charge in [-0.25, -0.2) is 4.79 Å². The molecule has 2 aliphatic heterocycles. The number of fused-ring (bicyclic) bond motifs is 2. The predicted octanol–water partition coefficient (Wildman–Crippen LogP) is 2.45. The smallest absolute Gasteiger partial charge is 0.342 e. The summed E-state index contributed by atoms with van der Waals surface area (Å²) in [7, 11) is -2.17. The summed E-state index contributed by atoms with van der Waals surface area (Å²) < 4.78 is 11.6. The largest absolute Gasteiger partial charge is 0.456 e. The maximum Gasteiger partial charge on any atom is 0.342 e. The number of aldehydes is 1. The Morgan fingerprint density at radius 1 is 1.47 bits per heavy atom. The van der Waals surface area contributed by atoms with Crippen LogP contribution in [-0.2, 0) is 18.8 Å². The molecule has 0 saturated carbocycles. The summed E-state index contributed by atoms with van der Waals surface area (Å²) in [5.41, 5.74) is -1.19. The van der Waals surface area contributed by atoms with Crippen molar-refractivity contribution in [3.05, 3.63) is 12.2 Å². The van der Waals surface area contributed by atoms with Crippen LogP contribution in [0.1, 0.15) is 27.2 Å². The molecular weight excluding hydrogens is 260 g/mol. The van der Waals surface area contributed by atoms with Crippen LogP contribution in [0.3, 0.4) is 0 Å². The van der Waals surface area contributed by atoms with Crippen molar-refractivity contribution in [2.75, 3.05) is 0 Å². The molecule has 0 aromatic carbocycles. The van der Waals surface area contributed by atoms with E-state index in [2.05, 4.69) is 33.9 Å². The molecule has 5 heteroatoms. The summed E-state index contributed by atoms with van der Waals surface area (Å²) in [4.78, 5) is 23.5. The molecule has 3 aliphatic rings. The van der Waals surface area contributed by atoms with E-state index in [1.54, 1.807) is 6.08 Å². The van der Waals surface area contributed by atoms with E-state index in [4.69, 9.17) is 9.16 Å². The van der Waals surface area contributed by atoms with Crippen LogP contribution in [0.4, 0.5) is 0 Å². The molecule has 106 valence electrons. The average Bonchev–Trinajstić information content (AvgIpc) is 2.28. The number of esters is 1. The van der Waals surface area contributed by atoms with Gasteiger partial charge in [-0.1, -0.05) is 20.8 Å². The van der Waals surface area contributed by atoms with E-state index in [1.165, 1.54) is 0 Å². The molecule has 1 fully saturated rings. The van der Waals surface area contributed by atoms with Gasteiger partial charge in [-0.05, 0) is 30.3 Å². The summed E-state index contributed by atoms with van der Waals surface area (Å²) >= 11 is 0. The monoisotopic (exact) mass is 282 g/mol. The molecule has 0 unspecified atom stereocenters. The van der Waals surface area contributed by atoms with Crippen LogP contribution in [0.5, 0.6) is 0 Å². The van der Waals surface area contributed by atoms with Gasteiger partial charge in [0.1, 0.15) is 12.4 Å². The molecule has 0 N–H and O–H groups in total. The molecule has 1 saturated heterocycles. The second kappa shape index (κ2) is 4.28. The lowest BCUT2D eigenvalue weighted by Crippen LogP contribution is -2.62. The second-order valence-corrected chi connectivity index (χ2v) is 11.7. The van der Waals surface area contributed by atoms with Crippen LogP contribution >= 0.6 is 0 Å². The molecule has 0 aromatic rings. The Hall–Kier alpha value is -0.943. The van der Waals surface area contributed by atoms with Crippen LogP contribution in [0.2, 0.25) is 18.1 Å². The molecule has 2 bridgehead atoms. The van der Waals surface area contributed by atoms with E-state index >= 15 is 0 Å². The van der Waals surface area contributed by atoms with Gasteiger partial charge < -0.3 is 14.0 Å². The minimum atomic E-state index is -2.17. The highest BCUT2D eigenvalue weighted by atomic mass is 28.4. The van der Waals surface area contributed by atoms with Crippen molar-refractivity contribution < 1.29 is 18.8 Å². The molecule has 0 spiro atoms. The van der Waals surface area contributed by atoms with E-state index in [0.29, 0.717) is 6.42 Å². The van der Waals surface area contributed by atoms with E-state index in [9.17, 15) is 9.59 Å². The number of hydrogen-bond acceptors (Lipinski definition) is 4. The topological polar surface area (TPSA) is 52.6 Å². The quantitative estimate of drug-likeness (QED) is 0.345. The van der Waals surface area contributed by atoms with Gasteiger partial charge >= 0.3 is 5.97 Å². The molecule has 0 aromatic heterocycles. The zero-order chi connectivity index (χ0) is 14.5. The number of carbonyl (C=O) groups is 2. The molecule has 3 atom stereocenters. The predicted molar refractivity (Wildman–Crippen MR) is 74.2 cm³/mol. The molecule has 2 heterocycles. The molecule has 4 nitrogen and oxygen atoms in total. The molecule has 19 heavy (non-hydrogen) atoms.